The van der Waals surface area contributed by atoms with Gasteiger partial charge in [0.2, 0.25) is 0 Å². The molecule has 0 radical (unpaired) electrons. The molecule has 0 aliphatic carbocycles. The number of carboxylic acid groups (broad SMARTS) is 1. The van der Waals surface area contributed by atoms with Gasteiger partial charge in [0.15, 0.2) is 5.82 Å². The lowest BCUT2D eigenvalue weighted by Gasteiger charge is -2.07. The second-order valence-corrected chi connectivity index (χ2v) is 4.01. The van der Waals surface area contributed by atoms with Gasteiger partial charge in [0.1, 0.15) is 5.56 Å². The molecule has 0 aliphatic heterocycles. The first-order valence-corrected chi connectivity index (χ1v) is 5.22. The van der Waals surface area contributed by atoms with E-state index >= 15 is 0 Å². The lowest BCUT2D eigenvalue weighted by Crippen LogP contribution is -2.06. The second kappa shape index (κ2) is 4.01. The van der Waals surface area contributed by atoms with Gasteiger partial charge in [-0.15, -0.1) is 0 Å². The zero-order chi connectivity index (χ0) is 12.6. The van der Waals surface area contributed by atoms with Crippen LogP contribution in [0.2, 0.25) is 0 Å². The third-order valence-corrected chi connectivity index (χ3v) is 2.63. The van der Waals surface area contributed by atoms with Crippen LogP contribution in [0.4, 0.5) is 0 Å². The van der Waals surface area contributed by atoms with Gasteiger partial charge in [0, 0.05) is 6.20 Å². The molecule has 0 fully saturated rings. The Morgan fingerprint density at radius 3 is 2.53 bits per heavy atom. The summed E-state index contributed by atoms with van der Waals surface area (Å²) in [6, 6.07) is 1.99. The summed E-state index contributed by atoms with van der Waals surface area (Å²) in [5.41, 5.74) is 2.81. The van der Waals surface area contributed by atoms with E-state index in [2.05, 4.69) is 10.1 Å². The van der Waals surface area contributed by atoms with Crippen molar-refractivity contribution < 1.29 is 9.90 Å². The first-order chi connectivity index (χ1) is 8.00. The maximum Gasteiger partial charge on any atom is 0.339 e. The standard InChI is InChI=1S/C12H13N3O2/c1-7-4-8(2)11(13-5-7)15-9(3)10(6-14-15)12(16)17/h4-6H,1-3H3,(H,16,17). The van der Waals surface area contributed by atoms with Gasteiger partial charge in [0.05, 0.1) is 11.9 Å². The number of aryl methyl sites for hydroxylation is 2. The number of carboxylic acids is 1. The molecule has 5 heteroatoms. The number of rotatable bonds is 2. The molecule has 0 bridgehead atoms. The molecular weight excluding hydrogens is 218 g/mol. The molecule has 88 valence electrons. The Kier molecular flexibility index (Phi) is 2.67. The summed E-state index contributed by atoms with van der Waals surface area (Å²) < 4.78 is 1.55. The van der Waals surface area contributed by atoms with Crippen molar-refractivity contribution in [3.63, 3.8) is 0 Å². The summed E-state index contributed by atoms with van der Waals surface area (Å²) in [5, 5.41) is 13.0. The van der Waals surface area contributed by atoms with Gasteiger partial charge < -0.3 is 5.11 Å². The number of pyridine rings is 1. The van der Waals surface area contributed by atoms with Gasteiger partial charge in [-0.1, -0.05) is 6.07 Å². The number of aromatic nitrogens is 3. The Bertz CT molecular complexity index is 587. The van der Waals surface area contributed by atoms with E-state index in [0.29, 0.717) is 11.5 Å². The van der Waals surface area contributed by atoms with Crippen LogP contribution >= 0.6 is 0 Å². The second-order valence-electron chi connectivity index (χ2n) is 4.01. The molecule has 0 saturated heterocycles. The van der Waals surface area contributed by atoms with Crippen molar-refractivity contribution in [1.29, 1.82) is 0 Å². The fraction of sp³-hybridized carbons (Fsp3) is 0.250. The van der Waals surface area contributed by atoms with Crippen LogP contribution in [0.5, 0.6) is 0 Å². The Hall–Kier alpha value is -2.17. The van der Waals surface area contributed by atoms with E-state index in [4.69, 9.17) is 5.11 Å². The van der Waals surface area contributed by atoms with E-state index < -0.39 is 5.97 Å². The first-order valence-electron chi connectivity index (χ1n) is 5.22. The highest BCUT2D eigenvalue weighted by atomic mass is 16.4. The summed E-state index contributed by atoms with van der Waals surface area (Å²) in [5.74, 6) is -0.306. The minimum Gasteiger partial charge on any atom is -0.478 e. The number of hydrogen-bond donors (Lipinski definition) is 1. The van der Waals surface area contributed by atoms with Crippen LogP contribution in [0.25, 0.3) is 5.82 Å². The largest absolute Gasteiger partial charge is 0.478 e. The van der Waals surface area contributed by atoms with E-state index in [1.165, 1.54) is 6.20 Å². The molecule has 0 saturated carbocycles. The Balaban J connectivity index is 2.57. The zero-order valence-electron chi connectivity index (χ0n) is 9.93. The van der Waals surface area contributed by atoms with Gasteiger partial charge in [-0.2, -0.15) is 5.10 Å². The molecule has 0 unspecified atom stereocenters. The van der Waals surface area contributed by atoms with Crippen molar-refractivity contribution in [1.82, 2.24) is 14.8 Å². The summed E-state index contributed by atoms with van der Waals surface area (Å²) in [4.78, 5) is 15.2. The highest BCUT2D eigenvalue weighted by Gasteiger charge is 2.15. The third kappa shape index (κ3) is 1.91. The zero-order valence-corrected chi connectivity index (χ0v) is 9.93. The first kappa shape index (κ1) is 11.3. The monoisotopic (exact) mass is 231 g/mol. The topological polar surface area (TPSA) is 68.0 Å². The van der Waals surface area contributed by atoms with Crippen molar-refractivity contribution in [2.45, 2.75) is 20.8 Å². The highest BCUT2D eigenvalue weighted by molar-refractivity contribution is 5.88. The van der Waals surface area contributed by atoms with Crippen molar-refractivity contribution >= 4 is 5.97 Å². The molecule has 5 nitrogen and oxygen atoms in total. The van der Waals surface area contributed by atoms with Crippen LogP contribution in [-0.4, -0.2) is 25.8 Å². The van der Waals surface area contributed by atoms with Crippen molar-refractivity contribution in [3.05, 3.63) is 40.8 Å². The van der Waals surface area contributed by atoms with E-state index in [-0.39, 0.29) is 5.56 Å². The van der Waals surface area contributed by atoms with Gasteiger partial charge in [-0.25, -0.2) is 14.5 Å². The molecule has 1 N–H and O–H groups in total. The normalized spacial score (nSPS) is 10.5. The van der Waals surface area contributed by atoms with Crippen LogP contribution in [0.3, 0.4) is 0 Å². The van der Waals surface area contributed by atoms with Crippen LogP contribution in [0.1, 0.15) is 27.2 Å². The third-order valence-electron chi connectivity index (χ3n) is 2.63. The molecule has 0 aliphatic rings. The fourth-order valence-corrected chi connectivity index (χ4v) is 1.76. The fourth-order valence-electron chi connectivity index (χ4n) is 1.76. The summed E-state index contributed by atoms with van der Waals surface area (Å²) >= 11 is 0. The van der Waals surface area contributed by atoms with E-state index in [9.17, 15) is 4.79 Å². The molecule has 17 heavy (non-hydrogen) atoms. The van der Waals surface area contributed by atoms with Gasteiger partial charge in [-0.3, -0.25) is 0 Å². The van der Waals surface area contributed by atoms with Crippen molar-refractivity contribution in [2.75, 3.05) is 0 Å². The Morgan fingerprint density at radius 2 is 2.00 bits per heavy atom. The lowest BCUT2D eigenvalue weighted by molar-refractivity contribution is 0.0696. The van der Waals surface area contributed by atoms with Crippen molar-refractivity contribution in [2.24, 2.45) is 0 Å². The quantitative estimate of drug-likeness (QED) is 0.857. The Morgan fingerprint density at radius 1 is 1.29 bits per heavy atom. The molecule has 2 aromatic rings. The lowest BCUT2D eigenvalue weighted by atomic mass is 10.2. The van der Waals surface area contributed by atoms with E-state index in [1.807, 2.05) is 19.9 Å². The predicted molar refractivity (Wildman–Crippen MR) is 62.5 cm³/mol. The summed E-state index contributed by atoms with van der Waals surface area (Å²) in [6.45, 7) is 5.61. The van der Waals surface area contributed by atoms with Gasteiger partial charge >= 0.3 is 5.97 Å². The van der Waals surface area contributed by atoms with Gasteiger partial charge in [0.25, 0.3) is 0 Å². The van der Waals surface area contributed by atoms with E-state index in [0.717, 1.165) is 11.1 Å². The van der Waals surface area contributed by atoms with Gasteiger partial charge in [-0.05, 0) is 31.9 Å². The van der Waals surface area contributed by atoms with Crippen LogP contribution in [0.15, 0.2) is 18.5 Å². The minimum atomic E-state index is -0.974. The molecule has 0 aromatic carbocycles. The molecule has 0 amide bonds. The van der Waals surface area contributed by atoms with Crippen molar-refractivity contribution in [3.8, 4) is 5.82 Å². The predicted octanol–water partition coefficient (Wildman–Crippen LogP) is 1.89. The molecule has 2 rings (SSSR count). The number of nitrogens with zero attached hydrogens (tertiary/aromatic N) is 3. The maximum atomic E-state index is 10.9. The number of hydrogen-bond acceptors (Lipinski definition) is 3. The average Bonchev–Trinajstić information content (AvgIpc) is 2.60. The summed E-state index contributed by atoms with van der Waals surface area (Å²) in [6.07, 6.45) is 3.09. The minimum absolute atomic E-state index is 0.201. The molecule has 2 aromatic heterocycles. The molecule has 2 heterocycles. The Labute approximate surface area is 98.7 Å². The van der Waals surface area contributed by atoms with Crippen LogP contribution < -0.4 is 0 Å². The molecule has 0 spiro atoms. The summed E-state index contributed by atoms with van der Waals surface area (Å²) in [7, 11) is 0. The molecular formula is C12H13N3O2. The number of aromatic carboxylic acids is 1. The number of carbonyl (C=O) groups is 1. The maximum absolute atomic E-state index is 10.9. The van der Waals surface area contributed by atoms with Crippen LogP contribution in [0, 0.1) is 20.8 Å². The van der Waals surface area contributed by atoms with Crippen LogP contribution in [-0.2, 0) is 0 Å². The molecule has 0 atom stereocenters. The SMILES string of the molecule is Cc1cnc(-n2ncc(C(=O)O)c2C)c(C)c1. The van der Waals surface area contributed by atoms with E-state index in [1.54, 1.807) is 17.8 Å². The average molecular weight is 231 g/mol. The highest BCUT2D eigenvalue weighted by Crippen LogP contribution is 2.16. The smallest absolute Gasteiger partial charge is 0.339 e.